The van der Waals surface area contributed by atoms with Gasteiger partial charge in [0.25, 0.3) is 0 Å². The van der Waals surface area contributed by atoms with Crippen molar-refractivity contribution >= 4 is 27.8 Å². The van der Waals surface area contributed by atoms with E-state index in [0.717, 1.165) is 56.8 Å². The highest BCUT2D eigenvalue weighted by Gasteiger charge is 2.53. The average Bonchev–Trinajstić information content (AvgIpc) is 3.83. The predicted octanol–water partition coefficient (Wildman–Crippen LogP) is 21.0. The topological polar surface area (TPSA) is 21.7 Å². The van der Waals surface area contributed by atoms with Crippen LogP contribution >= 0.6 is 0 Å². The van der Waals surface area contributed by atoms with E-state index in [-0.39, 0.29) is 0 Å². The zero-order chi connectivity index (χ0) is 53.2. The molecule has 2 fully saturated rings. The number of para-hydroxylation sites is 2. The van der Waals surface area contributed by atoms with E-state index in [9.17, 15) is 0 Å². The third-order valence-electron chi connectivity index (χ3n) is 19.8. The van der Waals surface area contributed by atoms with Gasteiger partial charge in [-0.05, 0) is 164 Å². The molecule has 0 N–H and O–H groups in total. The van der Waals surface area contributed by atoms with Gasteiger partial charge in [0.2, 0.25) is 0 Å². The number of anilines is 3. The standard InChI is InChI=1S/C78H61NO2/c1-3-20-50(21-4-1)53-38-43-74-69(46-53)78(70-47-54(39-44-75(70)81-74)51-22-5-2-6-23-51)66-34-15-11-29-61(66)62-42-40-55(48-68(62)78)79(72-36-17-12-30-63(72)58-31-19-25-52-24-7-8-26-57(52)58)56-41-45-76-71(49-56)77(67-35-16-18-37-73(67)80-76)64-32-13-9-27-59(64)60-28-10-14-33-65(60)77/h7-19,24-51H,1-6,20-23H2. The van der Waals surface area contributed by atoms with Crippen molar-refractivity contribution in [2.24, 2.45) is 0 Å². The van der Waals surface area contributed by atoms with Gasteiger partial charge in [0.05, 0.1) is 16.5 Å². The van der Waals surface area contributed by atoms with Crippen LogP contribution in [0.25, 0.3) is 44.2 Å². The van der Waals surface area contributed by atoms with Crippen molar-refractivity contribution in [2.45, 2.75) is 86.9 Å². The molecule has 3 heteroatoms. The van der Waals surface area contributed by atoms with E-state index in [4.69, 9.17) is 9.47 Å². The lowest BCUT2D eigenvalue weighted by atomic mass is 9.64. The van der Waals surface area contributed by atoms with Crippen LogP contribution in [0.5, 0.6) is 23.0 Å². The molecule has 0 saturated heterocycles. The second-order valence-electron chi connectivity index (χ2n) is 23.8. The van der Waals surface area contributed by atoms with Crippen molar-refractivity contribution in [2.75, 3.05) is 4.90 Å². The van der Waals surface area contributed by atoms with E-state index in [2.05, 4.69) is 241 Å². The lowest BCUT2D eigenvalue weighted by molar-refractivity contribution is 0.424. The minimum Gasteiger partial charge on any atom is -0.457 e. The molecule has 0 atom stereocenters. The Hall–Kier alpha value is -8.92. The quantitative estimate of drug-likeness (QED) is 0.166. The van der Waals surface area contributed by atoms with Crippen LogP contribution in [0.1, 0.15) is 132 Å². The predicted molar refractivity (Wildman–Crippen MR) is 330 cm³/mol. The molecule has 0 bridgehead atoms. The molecule has 2 aliphatic heterocycles. The molecule has 2 saturated carbocycles. The first-order chi connectivity index (χ1) is 40.2. The average molecular weight is 1040 g/mol. The van der Waals surface area contributed by atoms with Crippen LogP contribution in [-0.4, -0.2) is 0 Å². The summed E-state index contributed by atoms with van der Waals surface area (Å²) in [5, 5.41) is 2.44. The summed E-state index contributed by atoms with van der Waals surface area (Å²) in [6, 6.07) is 89.8. The van der Waals surface area contributed by atoms with Crippen molar-refractivity contribution in [3.63, 3.8) is 0 Å². The summed E-state index contributed by atoms with van der Waals surface area (Å²) in [6.45, 7) is 0. The third-order valence-corrected chi connectivity index (χ3v) is 19.8. The van der Waals surface area contributed by atoms with E-state index < -0.39 is 10.8 Å². The number of ether oxygens (including phenoxy) is 2. The Morgan fingerprint density at radius 1 is 0.296 bits per heavy atom. The van der Waals surface area contributed by atoms with Crippen molar-refractivity contribution in [1.29, 1.82) is 0 Å². The molecule has 6 aliphatic rings. The van der Waals surface area contributed by atoms with Gasteiger partial charge in [-0.25, -0.2) is 0 Å². The first-order valence-electron chi connectivity index (χ1n) is 29.9. The molecule has 17 rings (SSSR count). The second-order valence-corrected chi connectivity index (χ2v) is 23.8. The summed E-state index contributed by atoms with van der Waals surface area (Å²) in [5.74, 6) is 4.73. The van der Waals surface area contributed by atoms with Crippen LogP contribution in [-0.2, 0) is 10.8 Å². The van der Waals surface area contributed by atoms with E-state index in [1.807, 2.05) is 0 Å². The Labute approximate surface area is 475 Å². The van der Waals surface area contributed by atoms with Gasteiger partial charge in [0.1, 0.15) is 23.0 Å². The van der Waals surface area contributed by atoms with Crippen LogP contribution in [0.3, 0.4) is 0 Å². The second kappa shape index (κ2) is 18.3. The molecule has 0 aromatic heterocycles. The van der Waals surface area contributed by atoms with Crippen LogP contribution in [0.4, 0.5) is 17.1 Å². The molecular weight excluding hydrogens is 983 g/mol. The van der Waals surface area contributed by atoms with Gasteiger partial charge in [-0.2, -0.15) is 0 Å². The Morgan fingerprint density at radius 3 is 1.33 bits per heavy atom. The maximum absolute atomic E-state index is 7.25. The van der Waals surface area contributed by atoms with E-state index in [1.165, 1.54) is 147 Å². The highest BCUT2D eigenvalue weighted by Crippen LogP contribution is 2.66. The van der Waals surface area contributed by atoms with E-state index in [0.29, 0.717) is 11.8 Å². The summed E-state index contributed by atoms with van der Waals surface area (Å²) < 4.78 is 14.3. The Balaban J connectivity index is 0.953. The number of hydrogen-bond donors (Lipinski definition) is 0. The van der Waals surface area contributed by atoms with Gasteiger partial charge >= 0.3 is 0 Å². The van der Waals surface area contributed by atoms with Crippen molar-refractivity contribution in [3.05, 3.63) is 292 Å². The summed E-state index contributed by atoms with van der Waals surface area (Å²) in [6.07, 6.45) is 12.7. The van der Waals surface area contributed by atoms with Gasteiger partial charge in [0, 0.05) is 39.2 Å². The first-order valence-corrected chi connectivity index (χ1v) is 29.9. The normalized spacial score (nSPS) is 16.7. The molecule has 11 aromatic rings. The first kappa shape index (κ1) is 46.9. The number of rotatable bonds is 6. The van der Waals surface area contributed by atoms with Gasteiger partial charge in [-0.15, -0.1) is 0 Å². The summed E-state index contributed by atoms with van der Waals surface area (Å²) in [5.41, 5.74) is 22.3. The van der Waals surface area contributed by atoms with Crippen LogP contribution < -0.4 is 14.4 Å². The van der Waals surface area contributed by atoms with Crippen molar-refractivity contribution in [3.8, 4) is 56.4 Å². The fourth-order valence-corrected chi connectivity index (χ4v) is 16.3. The monoisotopic (exact) mass is 1040 g/mol. The number of benzene rings is 11. The lowest BCUT2D eigenvalue weighted by Gasteiger charge is -2.41. The molecule has 81 heavy (non-hydrogen) atoms. The zero-order valence-corrected chi connectivity index (χ0v) is 45.5. The van der Waals surface area contributed by atoms with Gasteiger partial charge in [-0.1, -0.05) is 221 Å². The van der Waals surface area contributed by atoms with E-state index >= 15 is 0 Å². The molecule has 2 heterocycles. The highest BCUT2D eigenvalue weighted by atomic mass is 16.5. The minimum absolute atomic E-state index is 0.529. The number of nitrogens with zero attached hydrogens (tertiary/aromatic N) is 1. The summed E-state index contributed by atoms with van der Waals surface area (Å²) in [4.78, 5) is 2.56. The molecule has 3 nitrogen and oxygen atoms in total. The molecule has 0 unspecified atom stereocenters. The number of hydrogen-bond acceptors (Lipinski definition) is 3. The fourth-order valence-electron chi connectivity index (χ4n) is 16.3. The van der Waals surface area contributed by atoms with Gasteiger partial charge in [0.15, 0.2) is 0 Å². The largest absolute Gasteiger partial charge is 0.457 e. The fraction of sp³-hybridized carbons (Fsp3) is 0.179. The lowest BCUT2D eigenvalue weighted by Crippen LogP contribution is -2.33. The maximum atomic E-state index is 7.25. The van der Waals surface area contributed by atoms with Crippen LogP contribution in [0.2, 0.25) is 0 Å². The van der Waals surface area contributed by atoms with Crippen molar-refractivity contribution in [1.82, 2.24) is 0 Å². The van der Waals surface area contributed by atoms with Crippen LogP contribution in [0, 0.1) is 0 Å². The van der Waals surface area contributed by atoms with Crippen LogP contribution in [0.15, 0.2) is 237 Å². The smallest absolute Gasteiger partial charge is 0.132 e. The van der Waals surface area contributed by atoms with E-state index in [1.54, 1.807) is 0 Å². The molecule has 4 aliphatic carbocycles. The van der Waals surface area contributed by atoms with Gasteiger partial charge in [-0.3, -0.25) is 0 Å². The Morgan fingerprint density at radius 2 is 0.716 bits per heavy atom. The minimum atomic E-state index is -0.657. The molecule has 0 radical (unpaired) electrons. The Kier molecular flexibility index (Phi) is 10.6. The number of fused-ring (bicyclic) bond motifs is 19. The summed E-state index contributed by atoms with van der Waals surface area (Å²) in [7, 11) is 0. The third kappa shape index (κ3) is 6.82. The molecule has 2 spiro atoms. The van der Waals surface area contributed by atoms with Gasteiger partial charge < -0.3 is 14.4 Å². The zero-order valence-electron chi connectivity index (χ0n) is 45.5. The summed E-state index contributed by atoms with van der Waals surface area (Å²) >= 11 is 0. The molecule has 11 aromatic carbocycles. The van der Waals surface area contributed by atoms with Crippen molar-refractivity contribution < 1.29 is 9.47 Å². The molecule has 0 amide bonds. The SMILES string of the molecule is c1ccc2c(c1)Oc1ccc(N(c3ccc4c(c3)C3(c5cc(C6CCCCC6)ccc5Oc5ccc(C6CCCCC6)cc53)c3ccccc3-4)c3ccccc3-c3cccc4ccccc34)cc1C21c2ccccc2-c2ccccc21. The molecular formula is C78H61NO2. The molecule has 390 valence electrons. The maximum Gasteiger partial charge on any atom is 0.132 e. The Bertz CT molecular complexity index is 4240. The highest BCUT2D eigenvalue weighted by molar-refractivity contribution is 6.02.